The number of hydrogen-bond acceptors (Lipinski definition) is 4. The predicted molar refractivity (Wildman–Crippen MR) is 79.3 cm³/mol. The lowest BCUT2D eigenvalue weighted by Gasteiger charge is -2.32. The van der Waals surface area contributed by atoms with Crippen LogP contribution in [0.3, 0.4) is 0 Å². The molecule has 0 unspecified atom stereocenters. The highest BCUT2D eigenvalue weighted by Crippen LogP contribution is 2.36. The Kier molecular flexibility index (Phi) is 3.78. The Hall–Kier alpha value is -1.20. The van der Waals surface area contributed by atoms with Gasteiger partial charge in [0.25, 0.3) is 0 Å². The number of ketones is 1. The summed E-state index contributed by atoms with van der Waals surface area (Å²) in [5, 5.41) is 0. The van der Waals surface area contributed by atoms with Crippen molar-refractivity contribution < 1.29 is 14.1 Å². The molecule has 2 rings (SSSR count). The summed E-state index contributed by atoms with van der Waals surface area (Å²) in [5.41, 5.74) is 1.57. The third kappa shape index (κ3) is 2.52. The molecule has 20 heavy (non-hydrogen) atoms. The molecule has 0 radical (unpaired) electrons. The van der Waals surface area contributed by atoms with Crippen LogP contribution in [0.4, 0.5) is 0 Å². The van der Waals surface area contributed by atoms with Crippen LogP contribution in [-0.2, 0) is 15.7 Å². The van der Waals surface area contributed by atoms with Crippen molar-refractivity contribution in [2.45, 2.75) is 59.2 Å². The lowest BCUT2D eigenvalue weighted by Crippen LogP contribution is -2.41. The second kappa shape index (κ2) is 4.97. The predicted octanol–water partition coefficient (Wildman–Crippen LogP) is 2.15. The molecule has 1 aliphatic heterocycles. The second-order valence-corrected chi connectivity index (χ2v) is 6.26. The Balaban J connectivity index is 2.43. The number of aromatic nitrogens is 1. The van der Waals surface area contributed by atoms with Gasteiger partial charge in [0.15, 0.2) is 5.78 Å². The number of nitrogens with zero attached hydrogens (tertiary/aromatic N) is 1. The first-order chi connectivity index (χ1) is 9.18. The van der Waals surface area contributed by atoms with Crippen LogP contribution in [0.1, 0.15) is 57.6 Å². The van der Waals surface area contributed by atoms with Crippen LogP contribution in [0.5, 0.6) is 0 Å². The minimum absolute atomic E-state index is 0.00193. The minimum Gasteiger partial charge on any atom is -0.399 e. The fourth-order valence-electron chi connectivity index (χ4n) is 2.17. The van der Waals surface area contributed by atoms with E-state index in [1.165, 1.54) is 6.92 Å². The molecule has 5 heteroatoms. The quantitative estimate of drug-likeness (QED) is 0.626. The van der Waals surface area contributed by atoms with Crippen molar-refractivity contribution in [3.05, 3.63) is 23.5 Å². The third-order valence-electron chi connectivity index (χ3n) is 4.25. The summed E-state index contributed by atoms with van der Waals surface area (Å²) < 4.78 is 12.1. The van der Waals surface area contributed by atoms with E-state index in [1.807, 2.05) is 40.7 Å². The number of carbonyl (C=O) groups is 1. The second-order valence-electron chi connectivity index (χ2n) is 6.26. The molecule has 4 nitrogen and oxygen atoms in total. The van der Waals surface area contributed by atoms with Crippen LogP contribution in [0.25, 0.3) is 0 Å². The zero-order valence-corrected chi connectivity index (χ0v) is 13.1. The van der Waals surface area contributed by atoms with Crippen molar-refractivity contribution in [1.29, 1.82) is 0 Å². The van der Waals surface area contributed by atoms with Crippen LogP contribution in [0, 0.1) is 0 Å². The van der Waals surface area contributed by atoms with E-state index in [2.05, 4.69) is 4.98 Å². The molecule has 0 aromatic carbocycles. The maximum Gasteiger partial charge on any atom is 0.496 e. The molecule has 0 amide bonds. The number of rotatable bonds is 3. The van der Waals surface area contributed by atoms with Crippen molar-refractivity contribution in [2.24, 2.45) is 0 Å². The normalized spacial score (nSPS) is 20.2. The fraction of sp³-hybridized carbons (Fsp3) is 0.600. The van der Waals surface area contributed by atoms with Gasteiger partial charge in [-0.05, 0) is 47.1 Å². The van der Waals surface area contributed by atoms with E-state index in [9.17, 15) is 4.79 Å². The Morgan fingerprint density at radius 2 is 1.80 bits per heavy atom. The monoisotopic (exact) mass is 275 g/mol. The Labute approximate surface area is 121 Å². The van der Waals surface area contributed by atoms with E-state index in [1.54, 1.807) is 6.20 Å². The lowest BCUT2D eigenvalue weighted by atomic mass is 9.76. The topological polar surface area (TPSA) is 48.4 Å². The third-order valence-corrected chi connectivity index (χ3v) is 4.25. The Bertz CT molecular complexity index is 524. The molecule has 1 saturated heterocycles. The largest absolute Gasteiger partial charge is 0.496 e. The zero-order valence-electron chi connectivity index (χ0n) is 13.1. The zero-order chi connectivity index (χ0) is 15.1. The molecule has 0 aliphatic carbocycles. The highest BCUT2D eigenvalue weighted by molar-refractivity contribution is 6.62. The molecular formula is C15H22BNO3. The van der Waals surface area contributed by atoms with Gasteiger partial charge in [0, 0.05) is 22.9 Å². The van der Waals surface area contributed by atoms with Crippen molar-refractivity contribution in [2.75, 3.05) is 0 Å². The van der Waals surface area contributed by atoms with Gasteiger partial charge in [-0.3, -0.25) is 9.78 Å². The highest BCUT2D eigenvalue weighted by Gasteiger charge is 2.52. The minimum atomic E-state index is -0.471. The lowest BCUT2D eigenvalue weighted by molar-refractivity contribution is 0.00578. The summed E-state index contributed by atoms with van der Waals surface area (Å²) in [6.45, 7) is 11.6. The summed E-state index contributed by atoms with van der Waals surface area (Å²) in [6.07, 6.45) is 2.40. The van der Waals surface area contributed by atoms with E-state index in [0.717, 1.165) is 17.6 Å². The average molecular weight is 275 g/mol. The molecule has 1 aliphatic rings. The summed E-state index contributed by atoms with van der Waals surface area (Å²) in [5.74, 6) is -0.00193. The first-order valence-electron chi connectivity index (χ1n) is 7.03. The van der Waals surface area contributed by atoms with Gasteiger partial charge in [0.05, 0.1) is 11.2 Å². The van der Waals surface area contributed by atoms with Crippen LogP contribution in [-0.4, -0.2) is 29.1 Å². The summed E-state index contributed by atoms with van der Waals surface area (Å²) >= 11 is 0. The van der Waals surface area contributed by atoms with Crippen LogP contribution >= 0.6 is 0 Å². The summed E-state index contributed by atoms with van der Waals surface area (Å²) in [4.78, 5) is 15.9. The van der Waals surface area contributed by atoms with E-state index in [-0.39, 0.29) is 5.78 Å². The summed E-state index contributed by atoms with van der Waals surface area (Å²) in [7, 11) is -0.471. The fourth-order valence-corrected chi connectivity index (χ4v) is 2.17. The van der Waals surface area contributed by atoms with Crippen LogP contribution in [0.2, 0.25) is 0 Å². The van der Waals surface area contributed by atoms with E-state index < -0.39 is 18.3 Å². The Morgan fingerprint density at radius 3 is 2.25 bits per heavy atom. The molecule has 1 aromatic heterocycles. The van der Waals surface area contributed by atoms with Gasteiger partial charge in [-0.2, -0.15) is 0 Å². The number of carbonyl (C=O) groups excluding carboxylic acids is 1. The van der Waals surface area contributed by atoms with Gasteiger partial charge < -0.3 is 9.31 Å². The first-order valence-corrected chi connectivity index (χ1v) is 7.03. The van der Waals surface area contributed by atoms with Crippen molar-refractivity contribution in [3.63, 3.8) is 0 Å². The molecule has 0 saturated carbocycles. The molecule has 1 aromatic rings. The van der Waals surface area contributed by atoms with Crippen molar-refractivity contribution in [1.82, 2.24) is 4.98 Å². The SMILES string of the molecule is CCc1ncc(C(C)=O)cc1B1OC(C)(C)C(C)(C)O1. The van der Waals surface area contributed by atoms with E-state index in [0.29, 0.717) is 5.56 Å². The summed E-state index contributed by atoms with van der Waals surface area (Å²) in [6, 6.07) is 1.84. The number of pyridine rings is 1. The van der Waals surface area contributed by atoms with Gasteiger partial charge in [0.2, 0.25) is 0 Å². The van der Waals surface area contributed by atoms with E-state index in [4.69, 9.17) is 9.31 Å². The van der Waals surface area contributed by atoms with Crippen molar-refractivity contribution in [3.8, 4) is 0 Å². The molecule has 108 valence electrons. The molecule has 2 heterocycles. The number of aryl methyl sites for hydroxylation is 1. The Morgan fingerprint density at radius 1 is 1.25 bits per heavy atom. The number of Topliss-reactive ketones (excluding diaryl/α,β-unsaturated/α-hetero) is 1. The van der Waals surface area contributed by atoms with E-state index >= 15 is 0 Å². The molecule has 0 spiro atoms. The molecular weight excluding hydrogens is 253 g/mol. The van der Waals surface area contributed by atoms with Gasteiger partial charge >= 0.3 is 7.12 Å². The molecule has 0 N–H and O–H groups in total. The van der Waals surface area contributed by atoms with Crippen molar-refractivity contribution >= 4 is 18.4 Å². The molecule has 0 bridgehead atoms. The van der Waals surface area contributed by atoms with Gasteiger partial charge in [-0.1, -0.05) is 6.92 Å². The number of hydrogen-bond donors (Lipinski definition) is 0. The maximum atomic E-state index is 11.5. The average Bonchev–Trinajstić information content (AvgIpc) is 2.57. The highest BCUT2D eigenvalue weighted by atomic mass is 16.7. The maximum absolute atomic E-state index is 11.5. The van der Waals surface area contributed by atoms with Gasteiger partial charge in [0.1, 0.15) is 0 Å². The van der Waals surface area contributed by atoms with Gasteiger partial charge in [-0.25, -0.2) is 0 Å². The molecule has 0 atom stereocenters. The first kappa shape index (κ1) is 15.2. The standard InChI is InChI=1S/C15H22BNO3/c1-7-13-12(8-11(9-17-13)10(2)18)16-19-14(3,4)15(5,6)20-16/h8-9H,7H2,1-6H3. The van der Waals surface area contributed by atoms with Crippen LogP contribution < -0.4 is 5.46 Å². The van der Waals surface area contributed by atoms with Gasteiger partial charge in [-0.15, -0.1) is 0 Å². The molecule has 1 fully saturated rings. The smallest absolute Gasteiger partial charge is 0.399 e. The van der Waals surface area contributed by atoms with Crippen LogP contribution in [0.15, 0.2) is 12.3 Å².